The molecular weight excluding hydrogens is 322 g/mol. The number of pyridine rings is 1. The second kappa shape index (κ2) is 7.07. The van der Waals surface area contributed by atoms with Crippen molar-refractivity contribution in [3.05, 3.63) is 33.2 Å². The Labute approximate surface area is 127 Å². The molecule has 0 spiro atoms. The molecule has 1 fully saturated rings. The Hall–Kier alpha value is -1.10. The van der Waals surface area contributed by atoms with Gasteiger partial charge in [-0.2, -0.15) is 0 Å². The van der Waals surface area contributed by atoms with Gasteiger partial charge in [0.15, 0.2) is 0 Å². The van der Waals surface area contributed by atoms with Gasteiger partial charge >= 0.3 is 5.97 Å². The molecule has 5 heteroatoms. The lowest BCUT2D eigenvalue weighted by molar-refractivity contribution is -0.154. The highest BCUT2D eigenvalue weighted by atomic mass is 79.9. The van der Waals surface area contributed by atoms with Crippen molar-refractivity contribution in [1.29, 1.82) is 0 Å². The van der Waals surface area contributed by atoms with Crippen molar-refractivity contribution in [1.82, 2.24) is 4.57 Å². The van der Waals surface area contributed by atoms with E-state index in [0.29, 0.717) is 5.92 Å². The quantitative estimate of drug-likeness (QED) is 0.790. The van der Waals surface area contributed by atoms with Crippen molar-refractivity contribution in [3.8, 4) is 0 Å². The average Bonchev–Trinajstić information content (AvgIpc) is 2.43. The SMILES string of the molecule is CCC1CCCCC1OC(=O)Cn1cc(Br)ccc1=O. The maximum absolute atomic E-state index is 12.0. The van der Waals surface area contributed by atoms with Crippen LogP contribution >= 0.6 is 15.9 Å². The predicted molar refractivity (Wildman–Crippen MR) is 80.5 cm³/mol. The van der Waals surface area contributed by atoms with Crippen LogP contribution in [0.3, 0.4) is 0 Å². The van der Waals surface area contributed by atoms with Crippen molar-refractivity contribution < 1.29 is 9.53 Å². The van der Waals surface area contributed by atoms with Crippen molar-refractivity contribution in [3.63, 3.8) is 0 Å². The zero-order valence-corrected chi connectivity index (χ0v) is 13.3. The Kier molecular flexibility index (Phi) is 5.40. The first-order valence-electron chi connectivity index (χ1n) is 7.15. The van der Waals surface area contributed by atoms with Crippen LogP contribution in [0.15, 0.2) is 27.6 Å². The molecule has 0 aromatic carbocycles. The highest BCUT2D eigenvalue weighted by Crippen LogP contribution is 2.29. The van der Waals surface area contributed by atoms with Gasteiger partial charge in [0.05, 0.1) is 0 Å². The third kappa shape index (κ3) is 3.95. The molecule has 1 aromatic heterocycles. The fourth-order valence-corrected chi connectivity index (χ4v) is 3.15. The van der Waals surface area contributed by atoms with Crippen LogP contribution in [0.2, 0.25) is 0 Å². The van der Waals surface area contributed by atoms with Crippen LogP contribution < -0.4 is 5.56 Å². The Morgan fingerprint density at radius 2 is 2.15 bits per heavy atom. The van der Waals surface area contributed by atoms with Crippen molar-refractivity contribution >= 4 is 21.9 Å². The molecule has 2 rings (SSSR count). The van der Waals surface area contributed by atoms with E-state index in [2.05, 4.69) is 22.9 Å². The molecule has 0 radical (unpaired) electrons. The smallest absolute Gasteiger partial charge is 0.326 e. The van der Waals surface area contributed by atoms with Gasteiger partial charge in [-0.3, -0.25) is 9.59 Å². The second-order valence-corrected chi connectivity index (χ2v) is 6.21. The van der Waals surface area contributed by atoms with E-state index < -0.39 is 0 Å². The molecule has 1 aromatic rings. The van der Waals surface area contributed by atoms with Gasteiger partial charge in [0.25, 0.3) is 5.56 Å². The number of aromatic nitrogens is 1. The summed E-state index contributed by atoms with van der Waals surface area (Å²) in [5.74, 6) is 0.141. The summed E-state index contributed by atoms with van der Waals surface area (Å²) in [6.07, 6.45) is 7.08. The summed E-state index contributed by atoms with van der Waals surface area (Å²) in [5, 5.41) is 0. The van der Waals surface area contributed by atoms with Crippen molar-refractivity contribution in [2.45, 2.75) is 51.7 Å². The van der Waals surface area contributed by atoms with Crippen LogP contribution in [-0.2, 0) is 16.1 Å². The number of halogens is 1. The fraction of sp³-hybridized carbons (Fsp3) is 0.600. The van der Waals surface area contributed by atoms with E-state index >= 15 is 0 Å². The second-order valence-electron chi connectivity index (χ2n) is 5.29. The maximum Gasteiger partial charge on any atom is 0.326 e. The van der Waals surface area contributed by atoms with E-state index in [0.717, 1.165) is 30.2 Å². The van der Waals surface area contributed by atoms with Crippen LogP contribution in [0.1, 0.15) is 39.0 Å². The van der Waals surface area contributed by atoms with Gasteiger partial charge in [-0.15, -0.1) is 0 Å². The van der Waals surface area contributed by atoms with Gasteiger partial charge in [-0.1, -0.05) is 13.3 Å². The number of carbonyl (C=O) groups excluding carboxylic acids is 1. The monoisotopic (exact) mass is 341 g/mol. The normalized spacial score (nSPS) is 22.5. The molecule has 1 aliphatic carbocycles. The molecule has 0 saturated heterocycles. The van der Waals surface area contributed by atoms with Crippen LogP contribution in [0.4, 0.5) is 0 Å². The number of nitrogens with zero attached hydrogens (tertiary/aromatic N) is 1. The van der Waals surface area contributed by atoms with Gasteiger partial charge < -0.3 is 9.30 Å². The number of hydrogen-bond acceptors (Lipinski definition) is 3. The molecule has 0 aliphatic heterocycles. The molecule has 2 atom stereocenters. The standard InChI is InChI=1S/C15H20BrNO3/c1-2-11-5-3-4-6-13(11)20-15(19)10-17-9-12(16)7-8-14(17)18/h7-9,11,13H,2-6,10H2,1H3. The summed E-state index contributed by atoms with van der Waals surface area (Å²) in [4.78, 5) is 23.7. The summed E-state index contributed by atoms with van der Waals surface area (Å²) < 4.78 is 7.72. The van der Waals surface area contributed by atoms with E-state index in [1.165, 1.54) is 17.1 Å². The Morgan fingerprint density at radius 3 is 2.90 bits per heavy atom. The molecule has 0 amide bonds. The largest absolute Gasteiger partial charge is 0.461 e. The first-order valence-corrected chi connectivity index (χ1v) is 7.95. The third-order valence-corrected chi connectivity index (χ3v) is 4.36. The minimum atomic E-state index is -0.324. The number of hydrogen-bond donors (Lipinski definition) is 0. The molecule has 20 heavy (non-hydrogen) atoms. The molecule has 1 heterocycles. The third-order valence-electron chi connectivity index (χ3n) is 3.89. The number of esters is 1. The minimum absolute atomic E-state index is 0.0177. The summed E-state index contributed by atoms with van der Waals surface area (Å²) in [5.41, 5.74) is -0.194. The first-order chi connectivity index (χ1) is 9.60. The average molecular weight is 342 g/mol. The predicted octanol–water partition coefficient (Wildman–Crippen LogP) is 3.12. The van der Waals surface area contributed by atoms with Gasteiger partial charge in [0.1, 0.15) is 12.6 Å². The van der Waals surface area contributed by atoms with E-state index in [-0.39, 0.29) is 24.2 Å². The molecule has 110 valence electrons. The van der Waals surface area contributed by atoms with E-state index in [1.54, 1.807) is 12.3 Å². The highest BCUT2D eigenvalue weighted by Gasteiger charge is 2.26. The van der Waals surface area contributed by atoms with Crippen LogP contribution in [-0.4, -0.2) is 16.6 Å². The van der Waals surface area contributed by atoms with Gasteiger partial charge in [0.2, 0.25) is 0 Å². The van der Waals surface area contributed by atoms with Crippen LogP contribution in [0.5, 0.6) is 0 Å². The molecule has 0 bridgehead atoms. The lowest BCUT2D eigenvalue weighted by atomic mass is 9.85. The molecule has 0 N–H and O–H groups in total. The van der Waals surface area contributed by atoms with E-state index in [4.69, 9.17) is 4.74 Å². The summed E-state index contributed by atoms with van der Waals surface area (Å²) in [7, 11) is 0. The van der Waals surface area contributed by atoms with E-state index in [1.807, 2.05) is 0 Å². The number of carbonyl (C=O) groups is 1. The molecule has 2 unspecified atom stereocenters. The van der Waals surface area contributed by atoms with E-state index in [9.17, 15) is 9.59 Å². The van der Waals surface area contributed by atoms with Gasteiger partial charge in [-0.25, -0.2) is 0 Å². The van der Waals surface area contributed by atoms with Gasteiger partial charge in [0, 0.05) is 16.7 Å². The molecule has 1 aliphatic rings. The summed E-state index contributed by atoms with van der Waals surface area (Å²) in [6.45, 7) is 2.11. The zero-order chi connectivity index (χ0) is 14.5. The minimum Gasteiger partial charge on any atom is -0.461 e. The summed E-state index contributed by atoms with van der Waals surface area (Å²) >= 11 is 3.29. The Morgan fingerprint density at radius 1 is 1.40 bits per heavy atom. The molecular formula is C15H20BrNO3. The van der Waals surface area contributed by atoms with Crippen LogP contribution in [0, 0.1) is 5.92 Å². The van der Waals surface area contributed by atoms with Crippen molar-refractivity contribution in [2.24, 2.45) is 5.92 Å². The summed E-state index contributed by atoms with van der Waals surface area (Å²) in [6, 6.07) is 3.10. The first kappa shape index (κ1) is 15.3. The molecule has 4 nitrogen and oxygen atoms in total. The zero-order valence-electron chi connectivity index (χ0n) is 11.7. The van der Waals surface area contributed by atoms with Crippen LogP contribution in [0.25, 0.3) is 0 Å². The lowest BCUT2D eigenvalue weighted by Crippen LogP contribution is -2.32. The van der Waals surface area contributed by atoms with Gasteiger partial charge in [-0.05, 0) is 53.6 Å². The fourth-order valence-electron chi connectivity index (χ4n) is 2.77. The number of rotatable bonds is 4. The Bertz CT molecular complexity index is 526. The Balaban J connectivity index is 1.98. The lowest BCUT2D eigenvalue weighted by Gasteiger charge is -2.30. The van der Waals surface area contributed by atoms with Crippen molar-refractivity contribution in [2.75, 3.05) is 0 Å². The molecule has 1 saturated carbocycles. The number of ether oxygens (including phenoxy) is 1. The highest BCUT2D eigenvalue weighted by molar-refractivity contribution is 9.10. The maximum atomic E-state index is 12.0. The topological polar surface area (TPSA) is 48.3 Å².